The summed E-state index contributed by atoms with van der Waals surface area (Å²) in [6, 6.07) is 4.91. The van der Waals surface area contributed by atoms with Gasteiger partial charge in [0.25, 0.3) is 0 Å². The van der Waals surface area contributed by atoms with Gasteiger partial charge in [-0.1, -0.05) is 15.9 Å². The molecule has 2 rings (SSSR count). The van der Waals surface area contributed by atoms with Crippen molar-refractivity contribution in [2.75, 3.05) is 32.4 Å². The van der Waals surface area contributed by atoms with Crippen molar-refractivity contribution in [2.24, 2.45) is 0 Å². The molecule has 0 aromatic heterocycles. The van der Waals surface area contributed by atoms with Crippen LogP contribution in [-0.4, -0.2) is 49.8 Å². The monoisotopic (exact) mass is 361 g/mol. The highest BCUT2D eigenvalue weighted by atomic mass is 79.9. The van der Waals surface area contributed by atoms with Crippen molar-refractivity contribution in [2.45, 2.75) is 24.3 Å². The number of halogens is 1. The number of rotatable bonds is 2. The van der Waals surface area contributed by atoms with Crippen LogP contribution in [0.5, 0.6) is 0 Å². The molecule has 1 aliphatic rings. The topological polar surface area (TPSA) is 66.6 Å². The Morgan fingerprint density at radius 2 is 1.95 bits per heavy atom. The minimum atomic E-state index is -3.56. The average molecular weight is 362 g/mol. The third kappa shape index (κ3) is 2.86. The van der Waals surface area contributed by atoms with Gasteiger partial charge >= 0.3 is 0 Å². The first-order chi connectivity index (χ1) is 9.14. The molecule has 0 amide bonds. The summed E-state index contributed by atoms with van der Waals surface area (Å²) in [6.45, 7) is 5.73. The molecule has 0 radical (unpaired) electrons. The van der Waals surface area contributed by atoms with Gasteiger partial charge in [0.1, 0.15) is 4.90 Å². The van der Waals surface area contributed by atoms with Crippen molar-refractivity contribution < 1.29 is 8.42 Å². The molecule has 1 saturated heterocycles. The number of nitrogens with zero attached hydrogens (tertiary/aromatic N) is 2. The molecule has 1 aromatic rings. The maximum absolute atomic E-state index is 12.8. The van der Waals surface area contributed by atoms with E-state index in [1.807, 2.05) is 20.9 Å². The number of sulfonamides is 1. The zero-order valence-corrected chi connectivity index (χ0v) is 14.3. The van der Waals surface area contributed by atoms with Crippen molar-refractivity contribution >= 4 is 31.6 Å². The van der Waals surface area contributed by atoms with E-state index in [9.17, 15) is 8.42 Å². The van der Waals surface area contributed by atoms with E-state index < -0.39 is 10.0 Å². The first kappa shape index (κ1) is 15.8. The first-order valence-electron chi connectivity index (χ1n) is 6.41. The standard InChI is InChI=1S/C13H20BrN3O2S/c1-13(2)9-17(7-6-16(13)3)20(18,19)12-8-10(14)4-5-11(12)15/h4-5,8H,6-7,9,15H2,1-3H3. The Kier molecular flexibility index (Phi) is 4.17. The molecule has 0 atom stereocenters. The van der Waals surface area contributed by atoms with Crippen LogP contribution in [0, 0.1) is 0 Å². The molecule has 1 fully saturated rings. The number of piperazine rings is 1. The van der Waals surface area contributed by atoms with Crippen LogP contribution >= 0.6 is 15.9 Å². The zero-order valence-electron chi connectivity index (χ0n) is 11.9. The van der Waals surface area contributed by atoms with Crippen LogP contribution in [-0.2, 0) is 10.0 Å². The number of hydrogen-bond acceptors (Lipinski definition) is 4. The third-order valence-electron chi connectivity index (χ3n) is 3.87. The summed E-state index contributed by atoms with van der Waals surface area (Å²) in [5.74, 6) is 0. The minimum Gasteiger partial charge on any atom is -0.398 e. The molecule has 0 unspecified atom stereocenters. The Morgan fingerprint density at radius 3 is 2.55 bits per heavy atom. The molecule has 0 spiro atoms. The van der Waals surface area contributed by atoms with Gasteiger partial charge in [-0.25, -0.2) is 8.42 Å². The largest absolute Gasteiger partial charge is 0.398 e. The van der Waals surface area contributed by atoms with Gasteiger partial charge in [-0.15, -0.1) is 0 Å². The van der Waals surface area contributed by atoms with Crippen LogP contribution in [0.1, 0.15) is 13.8 Å². The summed E-state index contributed by atoms with van der Waals surface area (Å²) < 4.78 is 27.7. The van der Waals surface area contributed by atoms with E-state index in [1.54, 1.807) is 18.2 Å². The summed E-state index contributed by atoms with van der Waals surface area (Å²) in [5, 5.41) is 0. The number of benzene rings is 1. The minimum absolute atomic E-state index is 0.173. The Bertz CT molecular complexity index is 616. The molecule has 112 valence electrons. The van der Waals surface area contributed by atoms with E-state index in [4.69, 9.17) is 5.73 Å². The lowest BCUT2D eigenvalue weighted by atomic mass is 10.0. The number of likely N-dealkylation sites (N-methyl/N-ethyl adjacent to an activating group) is 1. The van der Waals surface area contributed by atoms with Crippen molar-refractivity contribution in [1.82, 2.24) is 9.21 Å². The predicted octanol–water partition coefficient (Wildman–Crippen LogP) is 1.75. The fourth-order valence-electron chi connectivity index (χ4n) is 2.27. The fourth-order valence-corrected chi connectivity index (χ4v) is 4.51. The number of nitrogen functional groups attached to an aromatic ring is 1. The quantitative estimate of drug-likeness (QED) is 0.814. The number of nitrogens with two attached hydrogens (primary N) is 1. The van der Waals surface area contributed by atoms with Crippen molar-refractivity contribution in [3.63, 3.8) is 0 Å². The van der Waals surface area contributed by atoms with Gasteiger partial charge in [0.15, 0.2) is 0 Å². The van der Waals surface area contributed by atoms with Crippen molar-refractivity contribution in [3.05, 3.63) is 22.7 Å². The van der Waals surface area contributed by atoms with Gasteiger partial charge in [0, 0.05) is 29.6 Å². The van der Waals surface area contributed by atoms with Gasteiger partial charge < -0.3 is 5.73 Å². The summed E-state index contributed by atoms with van der Waals surface area (Å²) in [6.07, 6.45) is 0. The molecular weight excluding hydrogens is 342 g/mol. The van der Waals surface area contributed by atoms with E-state index in [2.05, 4.69) is 20.8 Å². The number of hydrogen-bond donors (Lipinski definition) is 1. The molecule has 0 bridgehead atoms. The van der Waals surface area contributed by atoms with Crippen LogP contribution in [0.25, 0.3) is 0 Å². The molecule has 1 aliphatic heterocycles. The van der Waals surface area contributed by atoms with Crippen LogP contribution in [0.4, 0.5) is 5.69 Å². The zero-order chi connectivity index (χ0) is 15.1. The highest BCUT2D eigenvalue weighted by molar-refractivity contribution is 9.10. The summed E-state index contributed by atoms with van der Waals surface area (Å²) >= 11 is 3.30. The first-order valence-corrected chi connectivity index (χ1v) is 8.64. The highest BCUT2D eigenvalue weighted by Crippen LogP contribution is 2.29. The van der Waals surface area contributed by atoms with E-state index in [0.717, 1.165) is 0 Å². The normalized spacial score (nSPS) is 21.0. The van der Waals surface area contributed by atoms with E-state index in [1.165, 1.54) is 4.31 Å². The lowest BCUT2D eigenvalue weighted by Crippen LogP contribution is -2.58. The van der Waals surface area contributed by atoms with Crippen LogP contribution in [0.3, 0.4) is 0 Å². The molecule has 0 saturated carbocycles. The lowest BCUT2D eigenvalue weighted by molar-refractivity contribution is 0.0802. The van der Waals surface area contributed by atoms with Crippen LogP contribution in [0.15, 0.2) is 27.6 Å². The Morgan fingerprint density at radius 1 is 1.30 bits per heavy atom. The molecule has 7 heteroatoms. The van der Waals surface area contributed by atoms with E-state index in [-0.39, 0.29) is 16.1 Å². The van der Waals surface area contributed by atoms with Gasteiger partial charge in [-0.3, -0.25) is 4.90 Å². The molecule has 2 N–H and O–H groups in total. The Hall–Kier alpha value is -0.630. The van der Waals surface area contributed by atoms with Gasteiger partial charge in [-0.05, 0) is 39.1 Å². The number of anilines is 1. The second-order valence-corrected chi connectivity index (χ2v) is 8.58. The third-order valence-corrected chi connectivity index (χ3v) is 6.27. The summed E-state index contributed by atoms with van der Waals surface area (Å²) in [4.78, 5) is 2.34. The molecule has 5 nitrogen and oxygen atoms in total. The van der Waals surface area contributed by atoms with Crippen LogP contribution < -0.4 is 5.73 Å². The maximum atomic E-state index is 12.8. The van der Waals surface area contributed by atoms with Crippen molar-refractivity contribution in [1.29, 1.82) is 0 Å². The smallest absolute Gasteiger partial charge is 0.245 e. The second kappa shape index (κ2) is 5.29. The molecule has 1 heterocycles. The molecule has 1 aromatic carbocycles. The SMILES string of the molecule is CN1CCN(S(=O)(=O)c2cc(Br)ccc2N)CC1(C)C. The Labute approximate surface area is 128 Å². The van der Waals surface area contributed by atoms with Gasteiger partial charge in [0.2, 0.25) is 10.0 Å². The summed E-state index contributed by atoms with van der Waals surface area (Å²) in [7, 11) is -1.55. The Balaban J connectivity index is 2.38. The second-order valence-electron chi connectivity index (χ2n) is 5.75. The molecule has 0 aliphatic carbocycles. The molecular formula is C13H20BrN3O2S. The van der Waals surface area contributed by atoms with Crippen molar-refractivity contribution in [3.8, 4) is 0 Å². The maximum Gasteiger partial charge on any atom is 0.245 e. The highest BCUT2D eigenvalue weighted by Gasteiger charge is 2.37. The van der Waals surface area contributed by atoms with Gasteiger partial charge in [0.05, 0.1) is 5.69 Å². The van der Waals surface area contributed by atoms with E-state index >= 15 is 0 Å². The lowest BCUT2D eigenvalue weighted by Gasteiger charge is -2.44. The predicted molar refractivity (Wildman–Crippen MR) is 84.0 cm³/mol. The average Bonchev–Trinajstić information content (AvgIpc) is 2.35. The summed E-state index contributed by atoms with van der Waals surface area (Å²) in [5.41, 5.74) is 5.93. The van der Waals surface area contributed by atoms with Crippen LogP contribution in [0.2, 0.25) is 0 Å². The van der Waals surface area contributed by atoms with Gasteiger partial charge in [-0.2, -0.15) is 4.31 Å². The molecule has 20 heavy (non-hydrogen) atoms. The fraction of sp³-hybridized carbons (Fsp3) is 0.538. The van der Waals surface area contributed by atoms with E-state index in [0.29, 0.717) is 24.1 Å².